The number of rotatable bonds is 2. The van der Waals surface area contributed by atoms with Crippen LogP contribution in [-0.2, 0) is 10.2 Å². The van der Waals surface area contributed by atoms with Crippen molar-refractivity contribution in [2.75, 3.05) is 6.54 Å². The molecule has 1 aromatic carbocycles. The zero-order valence-corrected chi connectivity index (χ0v) is 11.1. The molecule has 5 heteroatoms. The normalized spacial score (nSPS) is 14.8. The molecule has 19 heavy (non-hydrogen) atoms. The highest BCUT2D eigenvalue weighted by Gasteiger charge is 2.37. The average molecular weight is 261 g/mol. The number of nitrogens with zero attached hydrogens (tertiary/aromatic N) is 1. The summed E-state index contributed by atoms with van der Waals surface area (Å²) in [5.41, 5.74) is 1.36. The van der Waals surface area contributed by atoms with Gasteiger partial charge in [-0.1, -0.05) is 26.8 Å². The molecule has 2 rings (SSSR count). The minimum atomic E-state index is -1.20. The van der Waals surface area contributed by atoms with Crippen LogP contribution in [0, 0.1) is 0 Å². The van der Waals surface area contributed by atoms with E-state index in [0.717, 1.165) is 10.5 Å². The molecule has 0 fully saturated rings. The lowest BCUT2D eigenvalue weighted by atomic mass is 9.85. The van der Waals surface area contributed by atoms with Gasteiger partial charge in [0, 0.05) is 0 Å². The van der Waals surface area contributed by atoms with E-state index in [9.17, 15) is 14.4 Å². The number of carbonyl (C=O) groups excluding carboxylic acids is 2. The van der Waals surface area contributed by atoms with Crippen LogP contribution in [0.25, 0.3) is 0 Å². The molecule has 1 heterocycles. The highest BCUT2D eigenvalue weighted by molar-refractivity contribution is 6.22. The van der Waals surface area contributed by atoms with E-state index in [2.05, 4.69) is 0 Å². The second-order valence-corrected chi connectivity index (χ2v) is 5.60. The van der Waals surface area contributed by atoms with Gasteiger partial charge in [0.1, 0.15) is 6.54 Å². The van der Waals surface area contributed by atoms with Gasteiger partial charge in [-0.3, -0.25) is 19.3 Å². The number of carboxylic acids is 1. The largest absolute Gasteiger partial charge is 0.480 e. The molecule has 0 radical (unpaired) electrons. The Morgan fingerprint density at radius 2 is 1.74 bits per heavy atom. The third-order valence-corrected chi connectivity index (χ3v) is 3.13. The van der Waals surface area contributed by atoms with E-state index >= 15 is 0 Å². The fourth-order valence-electron chi connectivity index (χ4n) is 2.04. The third kappa shape index (κ3) is 2.23. The van der Waals surface area contributed by atoms with Gasteiger partial charge in [0.15, 0.2) is 0 Å². The van der Waals surface area contributed by atoms with E-state index < -0.39 is 24.3 Å². The summed E-state index contributed by atoms with van der Waals surface area (Å²) >= 11 is 0. The van der Waals surface area contributed by atoms with Gasteiger partial charge in [0.05, 0.1) is 11.1 Å². The lowest BCUT2D eigenvalue weighted by molar-refractivity contribution is -0.137. The number of imide groups is 1. The first-order valence-corrected chi connectivity index (χ1v) is 5.94. The Kier molecular flexibility index (Phi) is 2.92. The maximum atomic E-state index is 12.1. The topological polar surface area (TPSA) is 74.7 Å². The monoisotopic (exact) mass is 261 g/mol. The minimum Gasteiger partial charge on any atom is -0.480 e. The first-order valence-electron chi connectivity index (χ1n) is 5.94. The van der Waals surface area contributed by atoms with Crippen molar-refractivity contribution < 1.29 is 19.5 Å². The molecular weight excluding hydrogens is 246 g/mol. The molecule has 2 amide bonds. The van der Waals surface area contributed by atoms with Crippen LogP contribution >= 0.6 is 0 Å². The van der Waals surface area contributed by atoms with Gasteiger partial charge in [-0.05, 0) is 23.1 Å². The smallest absolute Gasteiger partial charge is 0.323 e. The van der Waals surface area contributed by atoms with Crippen LogP contribution in [0.15, 0.2) is 18.2 Å². The Bertz CT molecular complexity index is 584. The van der Waals surface area contributed by atoms with E-state index in [1.807, 2.05) is 20.8 Å². The van der Waals surface area contributed by atoms with Crippen LogP contribution in [0.2, 0.25) is 0 Å². The molecule has 0 saturated carbocycles. The zero-order chi connectivity index (χ0) is 14.4. The van der Waals surface area contributed by atoms with Crippen molar-refractivity contribution in [2.24, 2.45) is 0 Å². The summed E-state index contributed by atoms with van der Waals surface area (Å²) in [6.07, 6.45) is 0. The molecule has 100 valence electrons. The minimum absolute atomic E-state index is 0.140. The van der Waals surface area contributed by atoms with Crippen molar-refractivity contribution in [1.29, 1.82) is 0 Å². The summed E-state index contributed by atoms with van der Waals surface area (Å²) in [7, 11) is 0. The van der Waals surface area contributed by atoms with Crippen LogP contribution in [0.5, 0.6) is 0 Å². The Labute approximate surface area is 110 Å². The molecule has 1 N–H and O–H groups in total. The quantitative estimate of drug-likeness (QED) is 0.822. The van der Waals surface area contributed by atoms with Crippen LogP contribution < -0.4 is 0 Å². The Morgan fingerprint density at radius 1 is 1.16 bits per heavy atom. The van der Waals surface area contributed by atoms with E-state index in [0.29, 0.717) is 5.56 Å². The molecule has 1 aromatic rings. The van der Waals surface area contributed by atoms with E-state index in [1.165, 1.54) is 0 Å². The van der Waals surface area contributed by atoms with Crippen molar-refractivity contribution in [2.45, 2.75) is 26.2 Å². The Hall–Kier alpha value is -2.17. The van der Waals surface area contributed by atoms with Crippen molar-refractivity contribution in [3.8, 4) is 0 Å². The summed E-state index contributed by atoms with van der Waals surface area (Å²) in [4.78, 5) is 35.4. The first kappa shape index (κ1) is 13.3. The summed E-state index contributed by atoms with van der Waals surface area (Å²) in [6.45, 7) is 5.41. The number of carboxylic acid groups (broad SMARTS) is 1. The Morgan fingerprint density at radius 3 is 2.26 bits per heavy atom. The molecule has 1 aliphatic heterocycles. The molecule has 0 atom stereocenters. The lowest BCUT2D eigenvalue weighted by Gasteiger charge is -2.19. The molecule has 0 bridgehead atoms. The van der Waals surface area contributed by atoms with Gasteiger partial charge in [-0.2, -0.15) is 0 Å². The summed E-state index contributed by atoms with van der Waals surface area (Å²) in [5, 5.41) is 8.73. The van der Waals surface area contributed by atoms with Gasteiger partial charge < -0.3 is 5.11 Å². The van der Waals surface area contributed by atoms with E-state index in [4.69, 9.17) is 5.11 Å². The molecule has 0 unspecified atom stereocenters. The number of fused-ring (bicyclic) bond motifs is 1. The van der Waals surface area contributed by atoms with E-state index in [-0.39, 0.29) is 11.0 Å². The van der Waals surface area contributed by atoms with Crippen molar-refractivity contribution in [3.63, 3.8) is 0 Å². The number of hydrogen-bond donors (Lipinski definition) is 1. The highest BCUT2D eigenvalue weighted by Crippen LogP contribution is 2.29. The van der Waals surface area contributed by atoms with Gasteiger partial charge in [0.2, 0.25) is 0 Å². The highest BCUT2D eigenvalue weighted by atomic mass is 16.4. The molecule has 0 aromatic heterocycles. The van der Waals surface area contributed by atoms with Gasteiger partial charge in [-0.25, -0.2) is 0 Å². The van der Waals surface area contributed by atoms with Crippen LogP contribution in [-0.4, -0.2) is 34.3 Å². The fraction of sp³-hybridized carbons (Fsp3) is 0.357. The number of hydrogen-bond acceptors (Lipinski definition) is 3. The zero-order valence-electron chi connectivity index (χ0n) is 11.1. The summed E-state index contributed by atoms with van der Waals surface area (Å²) in [5.74, 6) is -2.28. The summed E-state index contributed by atoms with van der Waals surface area (Å²) < 4.78 is 0. The van der Waals surface area contributed by atoms with Gasteiger partial charge >= 0.3 is 5.97 Å². The molecule has 0 aliphatic carbocycles. The SMILES string of the molecule is CC(C)(C)c1ccc2c(c1)C(=O)N(CC(=O)O)C2=O. The maximum absolute atomic E-state index is 12.1. The third-order valence-electron chi connectivity index (χ3n) is 3.13. The number of aliphatic carboxylic acids is 1. The van der Waals surface area contributed by atoms with Crippen molar-refractivity contribution in [1.82, 2.24) is 4.90 Å². The van der Waals surface area contributed by atoms with E-state index in [1.54, 1.807) is 18.2 Å². The van der Waals surface area contributed by atoms with Gasteiger partial charge in [0.25, 0.3) is 11.8 Å². The fourth-order valence-corrected chi connectivity index (χ4v) is 2.04. The van der Waals surface area contributed by atoms with Crippen molar-refractivity contribution >= 4 is 17.8 Å². The molecule has 5 nitrogen and oxygen atoms in total. The van der Waals surface area contributed by atoms with Crippen molar-refractivity contribution in [3.05, 3.63) is 34.9 Å². The number of benzene rings is 1. The molecule has 0 spiro atoms. The Balaban J connectivity index is 2.45. The number of amides is 2. The second kappa shape index (κ2) is 4.19. The number of carbonyl (C=O) groups is 3. The predicted octanol–water partition coefficient (Wildman–Crippen LogP) is 1.66. The van der Waals surface area contributed by atoms with Crippen LogP contribution in [0.4, 0.5) is 0 Å². The predicted molar refractivity (Wildman–Crippen MR) is 68.1 cm³/mol. The average Bonchev–Trinajstić information content (AvgIpc) is 2.53. The molecule has 1 aliphatic rings. The summed E-state index contributed by atoms with van der Waals surface area (Å²) in [6, 6.07) is 5.07. The first-order chi connectivity index (χ1) is 8.71. The second-order valence-electron chi connectivity index (χ2n) is 5.60. The van der Waals surface area contributed by atoms with Gasteiger partial charge in [-0.15, -0.1) is 0 Å². The maximum Gasteiger partial charge on any atom is 0.323 e. The standard InChI is InChI=1S/C14H15NO4/c1-14(2,3)8-4-5-9-10(6-8)13(19)15(12(9)18)7-11(16)17/h4-6H,7H2,1-3H3,(H,16,17). The molecular formula is C14H15NO4. The molecule has 0 saturated heterocycles. The lowest BCUT2D eigenvalue weighted by Crippen LogP contribution is -2.34. The van der Waals surface area contributed by atoms with Crippen LogP contribution in [0.1, 0.15) is 47.1 Å². The van der Waals surface area contributed by atoms with Crippen LogP contribution in [0.3, 0.4) is 0 Å².